The fourth-order valence-electron chi connectivity index (χ4n) is 3.66. The first-order valence-electron chi connectivity index (χ1n) is 7.03. The first-order valence-corrected chi connectivity index (χ1v) is 7.03. The summed E-state index contributed by atoms with van der Waals surface area (Å²) in [6.45, 7) is 0. The van der Waals surface area contributed by atoms with E-state index in [1.807, 2.05) is 12.1 Å². The summed E-state index contributed by atoms with van der Waals surface area (Å²) >= 11 is 0. The van der Waals surface area contributed by atoms with Gasteiger partial charge in [-0.3, -0.25) is 9.59 Å². The van der Waals surface area contributed by atoms with E-state index >= 15 is 0 Å². The summed E-state index contributed by atoms with van der Waals surface area (Å²) in [4.78, 5) is 23.0. The number of benzene rings is 1. The van der Waals surface area contributed by atoms with Crippen molar-refractivity contribution in [2.24, 2.45) is 5.92 Å². The number of hydrogen-bond acceptors (Lipinski definition) is 2. The number of Topliss-reactive ketones (excluding diaryl/α,β-unsaturated/α-hetero) is 1. The predicted molar refractivity (Wildman–Crippen MR) is 71.4 cm³/mol. The van der Waals surface area contributed by atoms with Crippen molar-refractivity contribution >= 4 is 11.8 Å². The standard InChI is InChI=1S/C16H18O3/c17-15-9-11-3-1-2-4-12(11)13-6-5-10(7-14(13)15)8-16(18)19/h5-7,11-12H,1-4,8-9H2,(H,18,19). The third kappa shape index (κ3) is 2.29. The van der Waals surface area contributed by atoms with Gasteiger partial charge in [-0.05, 0) is 41.9 Å². The Labute approximate surface area is 112 Å². The summed E-state index contributed by atoms with van der Waals surface area (Å²) in [7, 11) is 0. The minimum atomic E-state index is -0.848. The molecule has 0 spiro atoms. The summed E-state index contributed by atoms with van der Waals surface area (Å²) in [5.74, 6) is 0.378. The largest absolute Gasteiger partial charge is 0.481 e. The van der Waals surface area contributed by atoms with Crippen LogP contribution in [0.4, 0.5) is 0 Å². The molecule has 2 aliphatic carbocycles. The van der Waals surface area contributed by atoms with Gasteiger partial charge in [0.15, 0.2) is 5.78 Å². The van der Waals surface area contributed by atoms with E-state index in [2.05, 4.69) is 0 Å². The minimum Gasteiger partial charge on any atom is -0.481 e. The number of aliphatic carboxylic acids is 1. The number of hydrogen-bond donors (Lipinski definition) is 1. The molecule has 1 fully saturated rings. The Bertz CT molecular complexity index is 533. The molecule has 2 unspecified atom stereocenters. The second-order valence-electron chi connectivity index (χ2n) is 5.77. The van der Waals surface area contributed by atoms with Crippen LogP contribution < -0.4 is 0 Å². The van der Waals surface area contributed by atoms with Crippen molar-refractivity contribution in [3.05, 3.63) is 34.9 Å². The number of ketones is 1. The lowest BCUT2D eigenvalue weighted by Crippen LogP contribution is -2.27. The zero-order chi connectivity index (χ0) is 13.4. The molecular weight excluding hydrogens is 240 g/mol. The van der Waals surface area contributed by atoms with Crippen LogP contribution in [0.15, 0.2) is 18.2 Å². The smallest absolute Gasteiger partial charge is 0.307 e. The van der Waals surface area contributed by atoms with Gasteiger partial charge in [-0.15, -0.1) is 0 Å². The maximum Gasteiger partial charge on any atom is 0.307 e. The summed E-state index contributed by atoms with van der Waals surface area (Å²) in [6.07, 6.45) is 5.45. The van der Waals surface area contributed by atoms with Crippen molar-refractivity contribution in [2.75, 3.05) is 0 Å². The number of carbonyl (C=O) groups excluding carboxylic acids is 1. The van der Waals surface area contributed by atoms with Gasteiger partial charge in [0.25, 0.3) is 0 Å². The molecule has 0 saturated heterocycles. The molecule has 3 nitrogen and oxygen atoms in total. The molecule has 1 N–H and O–H groups in total. The predicted octanol–water partition coefficient (Wildman–Crippen LogP) is 3.17. The third-order valence-corrected chi connectivity index (χ3v) is 4.53. The summed E-state index contributed by atoms with van der Waals surface area (Å²) in [6, 6.07) is 5.67. The highest BCUT2D eigenvalue weighted by Gasteiger charge is 2.35. The molecule has 0 amide bonds. The third-order valence-electron chi connectivity index (χ3n) is 4.53. The van der Waals surface area contributed by atoms with Crippen LogP contribution in [-0.2, 0) is 11.2 Å². The normalized spacial score (nSPS) is 25.6. The fraction of sp³-hybridized carbons (Fsp3) is 0.500. The van der Waals surface area contributed by atoms with Crippen LogP contribution in [0.2, 0.25) is 0 Å². The van der Waals surface area contributed by atoms with Gasteiger partial charge >= 0.3 is 5.97 Å². The molecule has 0 bridgehead atoms. The van der Waals surface area contributed by atoms with Crippen molar-refractivity contribution in [3.63, 3.8) is 0 Å². The van der Waals surface area contributed by atoms with Crippen molar-refractivity contribution in [3.8, 4) is 0 Å². The lowest BCUT2D eigenvalue weighted by molar-refractivity contribution is -0.136. The molecule has 2 atom stereocenters. The SMILES string of the molecule is O=C(O)Cc1ccc2c(c1)C(=O)CC1CCCCC21. The van der Waals surface area contributed by atoms with E-state index in [0.29, 0.717) is 18.3 Å². The molecule has 3 rings (SSSR count). The van der Waals surface area contributed by atoms with Gasteiger partial charge in [0.2, 0.25) is 0 Å². The van der Waals surface area contributed by atoms with Gasteiger partial charge in [-0.1, -0.05) is 25.0 Å². The number of carboxylic acids is 1. The topological polar surface area (TPSA) is 54.4 Å². The van der Waals surface area contributed by atoms with Crippen LogP contribution in [0.5, 0.6) is 0 Å². The Hall–Kier alpha value is -1.64. The Balaban J connectivity index is 1.97. The van der Waals surface area contributed by atoms with Crippen molar-refractivity contribution in [1.82, 2.24) is 0 Å². The molecular formula is C16H18O3. The van der Waals surface area contributed by atoms with Gasteiger partial charge in [0, 0.05) is 12.0 Å². The number of carbonyl (C=O) groups is 2. The molecule has 0 aromatic heterocycles. The molecule has 2 aliphatic rings. The van der Waals surface area contributed by atoms with E-state index in [1.54, 1.807) is 6.07 Å². The number of rotatable bonds is 2. The van der Waals surface area contributed by atoms with E-state index in [0.717, 1.165) is 23.1 Å². The molecule has 19 heavy (non-hydrogen) atoms. The first-order chi connectivity index (χ1) is 9.15. The van der Waals surface area contributed by atoms with Gasteiger partial charge in [-0.25, -0.2) is 0 Å². The van der Waals surface area contributed by atoms with Gasteiger partial charge in [-0.2, -0.15) is 0 Å². The molecule has 0 radical (unpaired) electrons. The number of fused-ring (bicyclic) bond motifs is 3. The first kappa shape index (κ1) is 12.4. The highest BCUT2D eigenvalue weighted by Crippen LogP contribution is 2.45. The average molecular weight is 258 g/mol. The zero-order valence-corrected chi connectivity index (χ0v) is 10.9. The maximum absolute atomic E-state index is 12.2. The van der Waals surface area contributed by atoms with Crippen molar-refractivity contribution in [1.29, 1.82) is 0 Å². The molecule has 3 heteroatoms. The van der Waals surface area contributed by atoms with Crippen LogP contribution in [0, 0.1) is 5.92 Å². The summed E-state index contributed by atoms with van der Waals surface area (Å²) in [5, 5.41) is 8.84. The Morgan fingerprint density at radius 2 is 2.05 bits per heavy atom. The molecule has 1 aromatic rings. The molecule has 0 heterocycles. The monoisotopic (exact) mass is 258 g/mol. The average Bonchev–Trinajstić information content (AvgIpc) is 2.38. The van der Waals surface area contributed by atoms with E-state index in [9.17, 15) is 9.59 Å². The van der Waals surface area contributed by atoms with Crippen LogP contribution in [0.1, 0.15) is 59.5 Å². The van der Waals surface area contributed by atoms with Crippen molar-refractivity contribution < 1.29 is 14.7 Å². The quantitative estimate of drug-likeness (QED) is 0.886. The van der Waals surface area contributed by atoms with Crippen molar-refractivity contribution in [2.45, 2.75) is 44.4 Å². The molecule has 100 valence electrons. The van der Waals surface area contributed by atoms with E-state index in [4.69, 9.17) is 5.11 Å². The summed E-state index contributed by atoms with van der Waals surface area (Å²) in [5.41, 5.74) is 2.67. The van der Waals surface area contributed by atoms with E-state index < -0.39 is 5.97 Å². The van der Waals surface area contributed by atoms with Crippen LogP contribution in [0.25, 0.3) is 0 Å². The lowest BCUT2D eigenvalue weighted by atomic mass is 9.67. The molecule has 0 aliphatic heterocycles. The van der Waals surface area contributed by atoms with Crippen LogP contribution in [0.3, 0.4) is 0 Å². The molecule has 1 saturated carbocycles. The van der Waals surface area contributed by atoms with Gasteiger partial charge in [0.1, 0.15) is 0 Å². The fourth-order valence-corrected chi connectivity index (χ4v) is 3.66. The Morgan fingerprint density at radius 1 is 1.26 bits per heavy atom. The van der Waals surface area contributed by atoms with E-state index in [-0.39, 0.29) is 12.2 Å². The lowest BCUT2D eigenvalue weighted by Gasteiger charge is -2.36. The number of carboxylic acid groups (broad SMARTS) is 1. The second-order valence-corrected chi connectivity index (χ2v) is 5.77. The highest BCUT2D eigenvalue weighted by atomic mass is 16.4. The maximum atomic E-state index is 12.2. The zero-order valence-electron chi connectivity index (χ0n) is 10.9. The van der Waals surface area contributed by atoms with E-state index in [1.165, 1.54) is 19.3 Å². The highest BCUT2D eigenvalue weighted by molar-refractivity contribution is 5.99. The summed E-state index contributed by atoms with van der Waals surface area (Å²) < 4.78 is 0. The van der Waals surface area contributed by atoms with Crippen LogP contribution in [-0.4, -0.2) is 16.9 Å². The van der Waals surface area contributed by atoms with Gasteiger partial charge < -0.3 is 5.11 Å². The Morgan fingerprint density at radius 3 is 2.84 bits per heavy atom. The molecule has 1 aromatic carbocycles. The minimum absolute atomic E-state index is 0.00530. The van der Waals surface area contributed by atoms with Crippen LogP contribution >= 0.6 is 0 Å². The van der Waals surface area contributed by atoms with Gasteiger partial charge in [0.05, 0.1) is 6.42 Å². The second kappa shape index (κ2) is 4.80. The Kier molecular flexibility index (Phi) is 3.13.